The van der Waals surface area contributed by atoms with Gasteiger partial charge in [-0.25, -0.2) is 17.8 Å². The van der Waals surface area contributed by atoms with Gasteiger partial charge in [-0.15, -0.1) is 0 Å². The van der Waals surface area contributed by atoms with Crippen LogP contribution in [0.15, 0.2) is 59.6 Å². The fraction of sp³-hybridized carbons (Fsp3) is 0. The van der Waals surface area contributed by atoms with E-state index in [9.17, 15) is 12.8 Å². The number of H-pyrrole nitrogens is 1. The SMILES string of the molecule is Nc1ncc(-c2ccc(NS(=O)(=O)c3ccc(F)cc3)cc2)[nH]1. The van der Waals surface area contributed by atoms with Crippen LogP contribution in [-0.2, 0) is 10.0 Å². The van der Waals surface area contributed by atoms with Gasteiger partial charge in [0.15, 0.2) is 5.95 Å². The maximum Gasteiger partial charge on any atom is 0.261 e. The number of aromatic nitrogens is 2. The minimum Gasteiger partial charge on any atom is -0.369 e. The molecule has 6 nitrogen and oxygen atoms in total. The number of halogens is 1. The van der Waals surface area contributed by atoms with Crippen LogP contribution in [0.1, 0.15) is 0 Å². The Morgan fingerprint density at radius 3 is 2.26 bits per heavy atom. The number of anilines is 2. The second kappa shape index (κ2) is 5.73. The molecule has 0 fully saturated rings. The molecule has 0 saturated carbocycles. The molecule has 118 valence electrons. The fourth-order valence-corrected chi connectivity index (χ4v) is 3.09. The molecule has 3 aromatic rings. The van der Waals surface area contributed by atoms with E-state index in [0.717, 1.165) is 23.4 Å². The van der Waals surface area contributed by atoms with Gasteiger partial charge in [0.25, 0.3) is 10.0 Å². The molecule has 0 bridgehead atoms. The zero-order chi connectivity index (χ0) is 16.4. The van der Waals surface area contributed by atoms with Crippen molar-refractivity contribution in [1.82, 2.24) is 9.97 Å². The Morgan fingerprint density at radius 2 is 1.70 bits per heavy atom. The van der Waals surface area contributed by atoms with E-state index in [0.29, 0.717) is 11.6 Å². The second-order valence-corrected chi connectivity index (χ2v) is 6.50. The van der Waals surface area contributed by atoms with E-state index in [1.807, 2.05) is 0 Å². The topological polar surface area (TPSA) is 101 Å². The van der Waals surface area contributed by atoms with Crippen LogP contribution < -0.4 is 10.5 Å². The molecule has 8 heteroatoms. The Kier molecular flexibility index (Phi) is 3.75. The zero-order valence-electron chi connectivity index (χ0n) is 11.8. The molecule has 0 aliphatic heterocycles. The number of rotatable bonds is 4. The number of imidazole rings is 1. The van der Waals surface area contributed by atoms with Crippen LogP contribution in [0.4, 0.5) is 16.0 Å². The number of aromatic amines is 1. The van der Waals surface area contributed by atoms with Crippen LogP contribution in [-0.4, -0.2) is 18.4 Å². The molecule has 0 atom stereocenters. The minimum absolute atomic E-state index is 0.00989. The molecule has 23 heavy (non-hydrogen) atoms. The van der Waals surface area contributed by atoms with Gasteiger partial charge in [-0.1, -0.05) is 12.1 Å². The first-order chi connectivity index (χ1) is 10.9. The van der Waals surface area contributed by atoms with Crippen molar-refractivity contribution in [3.8, 4) is 11.3 Å². The van der Waals surface area contributed by atoms with Gasteiger partial charge in [0.05, 0.1) is 16.8 Å². The molecule has 0 aliphatic rings. The summed E-state index contributed by atoms with van der Waals surface area (Å²) in [7, 11) is -3.76. The average Bonchev–Trinajstić information content (AvgIpc) is 2.95. The molecule has 0 spiro atoms. The van der Waals surface area contributed by atoms with Crippen LogP contribution >= 0.6 is 0 Å². The highest BCUT2D eigenvalue weighted by Gasteiger charge is 2.14. The first-order valence-corrected chi connectivity index (χ1v) is 8.12. The Labute approximate surface area is 132 Å². The largest absolute Gasteiger partial charge is 0.369 e. The van der Waals surface area contributed by atoms with Crippen molar-refractivity contribution in [3.63, 3.8) is 0 Å². The van der Waals surface area contributed by atoms with Crippen molar-refractivity contribution in [2.24, 2.45) is 0 Å². The van der Waals surface area contributed by atoms with Gasteiger partial charge in [-0.2, -0.15) is 0 Å². The smallest absolute Gasteiger partial charge is 0.261 e. The number of nitrogen functional groups attached to an aromatic ring is 1. The highest BCUT2D eigenvalue weighted by Crippen LogP contribution is 2.22. The van der Waals surface area contributed by atoms with Crippen molar-refractivity contribution in [3.05, 3.63) is 60.5 Å². The van der Waals surface area contributed by atoms with E-state index < -0.39 is 15.8 Å². The quantitative estimate of drug-likeness (QED) is 0.683. The Hall–Kier alpha value is -2.87. The summed E-state index contributed by atoms with van der Waals surface area (Å²) >= 11 is 0. The predicted octanol–water partition coefficient (Wildman–Crippen LogP) is 2.60. The molecule has 1 heterocycles. The molecule has 2 aromatic carbocycles. The standard InChI is InChI=1S/C15H13FN4O2S/c16-11-3-7-13(8-4-11)23(21,22)20-12-5-1-10(2-6-12)14-9-18-15(17)19-14/h1-9,20H,(H3,17,18,19). The van der Waals surface area contributed by atoms with E-state index >= 15 is 0 Å². The Morgan fingerprint density at radius 1 is 1.04 bits per heavy atom. The summed E-state index contributed by atoms with van der Waals surface area (Å²) in [5, 5.41) is 0. The van der Waals surface area contributed by atoms with E-state index in [4.69, 9.17) is 5.73 Å². The molecular formula is C15H13FN4O2S. The molecular weight excluding hydrogens is 319 g/mol. The van der Waals surface area contributed by atoms with E-state index in [2.05, 4.69) is 14.7 Å². The number of nitrogens with zero attached hydrogens (tertiary/aromatic N) is 1. The lowest BCUT2D eigenvalue weighted by Crippen LogP contribution is -2.12. The minimum atomic E-state index is -3.76. The normalized spacial score (nSPS) is 11.3. The van der Waals surface area contributed by atoms with Crippen molar-refractivity contribution in [1.29, 1.82) is 0 Å². The van der Waals surface area contributed by atoms with Gasteiger partial charge in [0.1, 0.15) is 5.82 Å². The van der Waals surface area contributed by atoms with Gasteiger partial charge in [0.2, 0.25) is 0 Å². The summed E-state index contributed by atoms with van der Waals surface area (Å²) in [6.45, 7) is 0. The molecule has 0 saturated heterocycles. The Bertz CT molecular complexity index is 919. The zero-order valence-corrected chi connectivity index (χ0v) is 12.6. The van der Waals surface area contributed by atoms with Crippen LogP contribution in [0.2, 0.25) is 0 Å². The number of sulfonamides is 1. The van der Waals surface area contributed by atoms with Crippen LogP contribution in [0.5, 0.6) is 0 Å². The van der Waals surface area contributed by atoms with Crippen molar-refractivity contribution in [2.45, 2.75) is 4.90 Å². The number of benzene rings is 2. The van der Waals surface area contributed by atoms with Gasteiger partial charge >= 0.3 is 0 Å². The van der Waals surface area contributed by atoms with Crippen molar-refractivity contribution in [2.75, 3.05) is 10.5 Å². The third-order valence-corrected chi connectivity index (χ3v) is 4.56. The molecule has 0 aliphatic carbocycles. The molecule has 3 rings (SSSR count). The first-order valence-electron chi connectivity index (χ1n) is 6.63. The monoisotopic (exact) mass is 332 g/mol. The summed E-state index contributed by atoms with van der Waals surface area (Å²) in [6.07, 6.45) is 1.59. The van der Waals surface area contributed by atoms with E-state index in [1.54, 1.807) is 30.5 Å². The number of hydrogen-bond acceptors (Lipinski definition) is 4. The highest BCUT2D eigenvalue weighted by molar-refractivity contribution is 7.92. The molecule has 0 amide bonds. The van der Waals surface area contributed by atoms with Crippen LogP contribution in [0.3, 0.4) is 0 Å². The fourth-order valence-electron chi connectivity index (χ4n) is 2.03. The number of hydrogen-bond donors (Lipinski definition) is 3. The summed E-state index contributed by atoms with van der Waals surface area (Å²) in [4.78, 5) is 6.78. The lowest BCUT2D eigenvalue weighted by molar-refractivity contribution is 0.599. The second-order valence-electron chi connectivity index (χ2n) is 4.82. The van der Waals surface area contributed by atoms with Crippen LogP contribution in [0.25, 0.3) is 11.3 Å². The molecule has 4 N–H and O–H groups in total. The van der Waals surface area contributed by atoms with Crippen molar-refractivity contribution >= 4 is 21.7 Å². The predicted molar refractivity (Wildman–Crippen MR) is 85.6 cm³/mol. The highest BCUT2D eigenvalue weighted by atomic mass is 32.2. The summed E-state index contributed by atoms with van der Waals surface area (Å²) < 4.78 is 39.7. The van der Waals surface area contributed by atoms with Gasteiger partial charge < -0.3 is 10.7 Å². The van der Waals surface area contributed by atoms with E-state index in [1.165, 1.54) is 12.1 Å². The van der Waals surface area contributed by atoms with Gasteiger partial charge in [-0.3, -0.25) is 4.72 Å². The Balaban J connectivity index is 1.81. The number of nitrogens with two attached hydrogens (primary N) is 1. The van der Waals surface area contributed by atoms with Crippen molar-refractivity contribution < 1.29 is 12.8 Å². The summed E-state index contributed by atoms with van der Waals surface area (Å²) in [6, 6.07) is 11.3. The summed E-state index contributed by atoms with van der Waals surface area (Å²) in [5.41, 5.74) is 7.46. The lowest BCUT2D eigenvalue weighted by atomic mass is 10.1. The third kappa shape index (κ3) is 3.32. The number of nitrogens with one attached hydrogen (secondary N) is 2. The maximum atomic E-state index is 12.9. The third-order valence-electron chi connectivity index (χ3n) is 3.17. The van der Waals surface area contributed by atoms with Crippen LogP contribution in [0, 0.1) is 5.82 Å². The molecule has 1 aromatic heterocycles. The molecule has 0 radical (unpaired) electrons. The van der Waals surface area contributed by atoms with Gasteiger partial charge in [-0.05, 0) is 42.0 Å². The maximum absolute atomic E-state index is 12.9. The average molecular weight is 332 g/mol. The summed E-state index contributed by atoms with van der Waals surface area (Å²) in [5.74, 6) is -0.187. The molecule has 0 unspecified atom stereocenters. The lowest BCUT2D eigenvalue weighted by Gasteiger charge is -2.08. The van der Waals surface area contributed by atoms with Gasteiger partial charge in [0, 0.05) is 5.69 Å². The first kappa shape index (κ1) is 15.0. The van der Waals surface area contributed by atoms with E-state index in [-0.39, 0.29) is 4.90 Å².